The highest BCUT2D eigenvalue weighted by atomic mass is 32.2. The van der Waals surface area contributed by atoms with Crippen LogP contribution in [0.1, 0.15) is 21.5 Å². The van der Waals surface area contributed by atoms with Crippen molar-refractivity contribution in [3.63, 3.8) is 0 Å². The number of carbonyl (C=O) groups is 2. The molecule has 8 heteroatoms. The zero-order chi connectivity index (χ0) is 19.7. The van der Waals surface area contributed by atoms with Crippen LogP contribution in [-0.2, 0) is 4.79 Å². The molecule has 142 valence electrons. The lowest BCUT2D eigenvalue weighted by atomic mass is 10.1. The minimum atomic E-state index is -0.240. The number of ketones is 1. The van der Waals surface area contributed by atoms with Crippen LogP contribution in [0, 0.1) is 13.8 Å². The van der Waals surface area contributed by atoms with Gasteiger partial charge >= 0.3 is 0 Å². The number of anilines is 1. The van der Waals surface area contributed by atoms with Gasteiger partial charge in [-0.05, 0) is 55.3 Å². The third kappa shape index (κ3) is 3.77. The van der Waals surface area contributed by atoms with Gasteiger partial charge in [0.2, 0.25) is 5.89 Å². The van der Waals surface area contributed by atoms with Gasteiger partial charge in [-0.15, -0.1) is 10.2 Å². The Morgan fingerprint density at radius 3 is 2.82 bits per heavy atom. The molecule has 0 fully saturated rings. The van der Waals surface area contributed by atoms with Crippen molar-refractivity contribution < 1.29 is 18.7 Å². The van der Waals surface area contributed by atoms with Gasteiger partial charge in [-0.2, -0.15) is 0 Å². The number of aromatic nitrogens is 2. The highest BCUT2D eigenvalue weighted by Crippen LogP contribution is 2.30. The SMILES string of the molecule is Cc1ccc(-c2nnc(SCC(=O)c3ccc4c(c3)NC(=O)CO4)o2)cc1C. The van der Waals surface area contributed by atoms with E-state index in [1.165, 1.54) is 17.3 Å². The topological polar surface area (TPSA) is 94.3 Å². The molecule has 0 radical (unpaired) electrons. The van der Waals surface area contributed by atoms with Crippen LogP contribution < -0.4 is 10.1 Å². The Kier molecular flexibility index (Phi) is 4.87. The molecule has 1 aliphatic rings. The number of amides is 1. The molecule has 1 N–H and O–H groups in total. The van der Waals surface area contributed by atoms with E-state index in [2.05, 4.69) is 15.5 Å². The number of fused-ring (bicyclic) bond motifs is 1. The summed E-state index contributed by atoms with van der Waals surface area (Å²) in [5.74, 6) is 0.766. The first-order valence-corrected chi connectivity index (χ1v) is 9.62. The highest BCUT2D eigenvalue weighted by Gasteiger charge is 2.18. The van der Waals surface area contributed by atoms with E-state index in [-0.39, 0.29) is 24.1 Å². The Bertz CT molecular complexity index is 1080. The van der Waals surface area contributed by atoms with Crippen molar-refractivity contribution in [3.05, 3.63) is 53.1 Å². The van der Waals surface area contributed by atoms with Gasteiger partial charge in [0.25, 0.3) is 11.1 Å². The first-order valence-electron chi connectivity index (χ1n) is 8.63. The molecule has 0 bridgehead atoms. The molecule has 2 aromatic carbocycles. The molecular formula is C20H17N3O4S. The number of carbonyl (C=O) groups excluding carboxylic acids is 2. The maximum Gasteiger partial charge on any atom is 0.277 e. The Labute approximate surface area is 165 Å². The van der Waals surface area contributed by atoms with E-state index in [1.54, 1.807) is 18.2 Å². The molecular weight excluding hydrogens is 378 g/mol. The molecule has 2 heterocycles. The van der Waals surface area contributed by atoms with Gasteiger partial charge in [0, 0.05) is 11.1 Å². The Morgan fingerprint density at radius 2 is 2.00 bits per heavy atom. The normalized spacial score (nSPS) is 12.9. The molecule has 7 nitrogen and oxygen atoms in total. The molecule has 1 aromatic heterocycles. The average Bonchev–Trinajstić information content (AvgIpc) is 3.16. The lowest BCUT2D eigenvalue weighted by Gasteiger charge is -2.18. The maximum absolute atomic E-state index is 12.5. The molecule has 1 aliphatic heterocycles. The van der Waals surface area contributed by atoms with Crippen LogP contribution in [0.5, 0.6) is 5.75 Å². The summed E-state index contributed by atoms with van der Waals surface area (Å²) in [4.78, 5) is 23.9. The van der Waals surface area contributed by atoms with Crippen molar-refractivity contribution >= 4 is 29.1 Å². The number of Topliss-reactive ketones (excluding diaryl/α,β-unsaturated/α-hetero) is 1. The predicted molar refractivity (Wildman–Crippen MR) is 105 cm³/mol. The number of nitrogens with zero attached hydrogens (tertiary/aromatic N) is 2. The smallest absolute Gasteiger partial charge is 0.277 e. The molecule has 0 aliphatic carbocycles. The van der Waals surface area contributed by atoms with Gasteiger partial charge in [-0.25, -0.2) is 0 Å². The fourth-order valence-electron chi connectivity index (χ4n) is 2.73. The number of benzene rings is 2. The zero-order valence-corrected chi connectivity index (χ0v) is 16.1. The summed E-state index contributed by atoms with van der Waals surface area (Å²) in [5, 5.41) is 11.1. The summed E-state index contributed by atoms with van der Waals surface area (Å²) in [5.41, 5.74) is 4.16. The molecule has 0 unspecified atom stereocenters. The van der Waals surface area contributed by atoms with E-state index in [0.29, 0.717) is 28.1 Å². The van der Waals surface area contributed by atoms with Gasteiger partial charge in [0.1, 0.15) is 5.75 Å². The first-order chi connectivity index (χ1) is 13.5. The second-order valence-electron chi connectivity index (χ2n) is 6.43. The first kappa shape index (κ1) is 18.2. The van der Waals surface area contributed by atoms with Crippen LogP contribution in [0.25, 0.3) is 11.5 Å². The third-order valence-electron chi connectivity index (χ3n) is 4.42. The highest BCUT2D eigenvalue weighted by molar-refractivity contribution is 7.99. The van der Waals surface area contributed by atoms with E-state index in [9.17, 15) is 9.59 Å². The van der Waals surface area contributed by atoms with Crippen molar-refractivity contribution in [2.75, 3.05) is 17.7 Å². The van der Waals surface area contributed by atoms with E-state index >= 15 is 0 Å². The Balaban J connectivity index is 1.43. The number of nitrogens with one attached hydrogen (secondary N) is 1. The van der Waals surface area contributed by atoms with E-state index < -0.39 is 0 Å². The van der Waals surface area contributed by atoms with Crippen LogP contribution >= 0.6 is 11.8 Å². The predicted octanol–water partition coefficient (Wildman–Crippen LogP) is 3.66. The standard InChI is InChI=1S/C20H17N3O4S/c1-11-3-4-14(7-12(11)2)19-22-23-20(27-19)28-10-16(24)13-5-6-17-15(8-13)21-18(25)9-26-17/h3-8H,9-10H2,1-2H3,(H,21,25). The molecule has 0 spiro atoms. The zero-order valence-electron chi connectivity index (χ0n) is 15.3. The number of aryl methyl sites for hydroxylation is 2. The van der Waals surface area contributed by atoms with Crippen molar-refractivity contribution in [2.24, 2.45) is 0 Å². The van der Waals surface area contributed by atoms with E-state index in [4.69, 9.17) is 9.15 Å². The largest absolute Gasteiger partial charge is 0.482 e. The average molecular weight is 395 g/mol. The van der Waals surface area contributed by atoms with E-state index in [1.807, 2.05) is 32.0 Å². The molecule has 1 amide bonds. The van der Waals surface area contributed by atoms with E-state index in [0.717, 1.165) is 11.1 Å². The summed E-state index contributed by atoms with van der Waals surface area (Å²) in [7, 11) is 0. The molecule has 3 aromatic rings. The van der Waals surface area contributed by atoms with Crippen molar-refractivity contribution in [2.45, 2.75) is 19.1 Å². The summed E-state index contributed by atoms with van der Waals surface area (Å²) in [6.07, 6.45) is 0. The fourth-order valence-corrected chi connectivity index (χ4v) is 3.38. The lowest BCUT2D eigenvalue weighted by Crippen LogP contribution is -2.25. The second-order valence-corrected chi connectivity index (χ2v) is 7.36. The molecule has 0 atom stereocenters. The molecule has 4 rings (SSSR count). The van der Waals surface area contributed by atoms with Gasteiger partial charge in [0.15, 0.2) is 12.4 Å². The van der Waals surface area contributed by atoms with Crippen LogP contribution in [0.2, 0.25) is 0 Å². The summed E-state index contributed by atoms with van der Waals surface area (Å²) in [6.45, 7) is 4.05. The molecule has 28 heavy (non-hydrogen) atoms. The number of hydrogen-bond donors (Lipinski definition) is 1. The quantitative estimate of drug-likeness (QED) is 0.520. The molecule has 0 saturated heterocycles. The minimum absolute atomic E-state index is 0.0177. The number of ether oxygens (including phenoxy) is 1. The number of thioether (sulfide) groups is 1. The van der Waals surface area contributed by atoms with Gasteiger partial charge in [-0.3, -0.25) is 9.59 Å². The van der Waals surface area contributed by atoms with Crippen molar-refractivity contribution in [1.29, 1.82) is 0 Å². The van der Waals surface area contributed by atoms with Gasteiger partial charge in [-0.1, -0.05) is 17.8 Å². The monoisotopic (exact) mass is 395 g/mol. The van der Waals surface area contributed by atoms with Crippen molar-refractivity contribution in [3.8, 4) is 17.2 Å². The summed E-state index contributed by atoms with van der Waals surface area (Å²) in [6, 6.07) is 10.9. The van der Waals surface area contributed by atoms with Crippen LogP contribution in [0.15, 0.2) is 46.0 Å². The van der Waals surface area contributed by atoms with Crippen LogP contribution in [-0.4, -0.2) is 34.2 Å². The maximum atomic E-state index is 12.5. The Hall–Kier alpha value is -3.13. The Morgan fingerprint density at radius 1 is 1.14 bits per heavy atom. The van der Waals surface area contributed by atoms with Gasteiger partial charge in [0.05, 0.1) is 11.4 Å². The summed E-state index contributed by atoms with van der Waals surface area (Å²) < 4.78 is 11.0. The van der Waals surface area contributed by atoms with Crippen molar-refractivity contribution in [1.82, 2.24) is 10.2 Å². The minimum Gasteiger partial charge on any atom is -0.482 e. The number of rotatable bonds is 5. The van der Waals surface area contributed by atoms with Crippen LogP contribution in [0.3, 0.4) is 0 Å². The third-order valence-corrected chi connectivity index (χ3v) is 5.24. The lowest BCUT2D eigenvalue weighted by molar-refractivity contribution is -0.118. The molecule has 0 saturated carbocycles. The van der Waals surface area contributed by atoms with Crippen LogP contribution in [0.4, 0.5) is 5.69 Å². The summed E-state index contributed by atoms with van der Waals surface area (Å²) >= 11 is 1.18. The van der Waals surface area contributed by atoms with Gasteiger partial charge < -0.3 is 14.5 Å². The fraction of sp³-hybridized carbons (Fsp3) is 0.200. The second kappa shape index (κ2) is 7.47. The number of hydrogen-bond acceptors (Lipinski definition) is 7.